The number of hydrogen-bond acceptors (Lipinski definition) is 2. The van der Waals surface area contributed by atoms with E-state index in [1.54, 1.807) is 0 Å². The van der Waals surface area contributed by atoms with Gasteiger partial charge in [0.2, 0.25) is 0 Å². The van der Waals surface area contributed by atoms with Crippen LogP contribution in [0.15, 0.2) is 30.3 Å². The van der Waals surface area contributed by atoms with Crippen molar-refractivity contribution in [2.45, 2.75) is 57.0 Å². The Morgan fingerprint density at radius 1 is 1.21 bits per heavy atom. The van der Waals surface area contributed by atoms with Crippen molar-refractivity contribution in [1.82, 2.24) is 4.90 Å². The molecular formula is C17H24N2. The predicted molar refractivity (Wildman–Crippen MR) is 78.9 cm³/mol. The number of nitriles is 1. The Bertz CT molecular complexity index is 413. The molecule has 1 aliphatic rings. The molecule has 0 heterocycles. The zero-order valence-corrected chi connectivity index (χ0v) is 12.0. The van der Waals surface area contributed by atoms with Crippen molar-refractivity contribution in [3.8, 4) is 6.07 Å². The molecule has 0 aliphatic heterocycles. The lowest BCUT2D eigenvalue weighted by Crippen LogP contribution is -2.40. The molecule has 2 rings (SSSR count). The number of hydrogen-bond donors (Lipinski definition) is 0. The van der Waals surface area contributed by atoms with Crippen molar-refractivity contribution in [3.05, 3.63) is 35.9 Å². The van der Waals surface area contributed by atoms with E-state index in [1.165, 1.54) is 31.2 Å². The standard InChI is InChI=1S/C17H24N2/c1-14(12-13-18)19(2)17-10-8-16(9-11-17)15-6-4-3-5-7-15/h3-7,14,16-17H,8-12H2,1-2H3. The highest BCUT2D eigenvalue weighted by atomic mass is 15.2. The van der Waals surface area contributed by atoms with Gasteiger partial charge in [0.05, 0.1) is 12.5 Å². The SMILES string of the molecule is CC(CC#N)N(C)C1CCC(c2ccccc2)CC1. The van der Waals surface area contributed by atoms with E-state index < -0.39 is 0 Å². The highest BCUT2D eigenvalue weighted by Gasteiger charge is 2.26. The van der Waals surface area contributed by atoms with Gasteiger partial charge in [0, 0.05) is 12.1 Å². The van der Waals surface area contributed by atoms with Crippen LogP contribution >= 0.6 is 0 Å². The Morgan fingerprint density at radius 3 is 2.42 bits per heavy atom. The fraction of sp³-hybridized carbons (Fsp3) is 0.588. The summed E-state index contributed by atoms with van der Waals surface area (Å²) in [6, 6.07) is 14.2. The van der Waals surface area contributed by atoms with Crippen LogP contribution < -0.4 is 0 Å². The van der Waals surface area contributed by atoms with Gasteiger partial charge in [-0.25, -0.2) is 0 Å². The van der Waals surface area contributed by atoms with E-state index in [0.29, 0.717) is 18.5 Å². The van der Waals surface area contributed by atoms with Crippen LogP contribution in [0.2, 0.25) is 0 Å². The maximum absolute atomic E-state index is 8.80. The molecule has 1 atom stereocenters. The van der Waals surface area contributed by atoms with Crippen molar-refractivity contribution in [3.63, 3.8) is 0 Å². The molecule has 102 valence electrons. The van der Waals surface area contributed by atoms with Crippen LogP contribution in [-0.2, 0) is 0 Å². The van der Waals surface area contributed by atoms with Gasteiger partial charge >= 0.3 is 0 Å². The maximum Gasteiger partial charge on any atom is 0.0638 e. The van der Waals surface area contributed by atoms with E-state index in [0.717, 1.165) is 5.92 Å². The van der Waals surface area contributed by atoms with Crippen molar-refractivity contribution in [2.75, 3.05) is 7.05 Å². The summed E-state index contributed by atoms with van der Waals surface area (Å²) in [6.07, 6.45) is 5.70. The molecule has 0 saturated heterocycles. The molecule has 0 N–H and O–H groups in total. The fourth-order valence-electron chi connectivity index (χ4n) is 3.18. The van der Waals surface area contributed by atoms with Crippen molar-refractivity contribution in [2.24, 2.45) is 0 Å². The summed E-state index contributed by atoms with van der Waals surface area (Å²) in [6.45, 7) is 2.16. The molecule has 1 unspecified atom stereocenters. The van der Waals surface area contributed by atoms with E-state index in [4.69, 9.17) is 5.26 Å². The Hall–Kier alpha value is -1.33. The van der Waals surface area contributed by atoms with Gasteiger partial charge in [0.25, 0.3) is 0 Å². The summed E-state index contributed by atoms with van der Waals surface area (Å²) >= 11 is 0. The molecule has 1 aromatic carbocycles. The molecular weight excluding hydrogens is 232 g/mol. The van der Waals surface area contributed by atoms with Crippen molar-refractivity contribution in [1.29, 1.82) is 5.26 Å². The zero-order valence-electron chi connectivity index (χ0n) is 12.0. The van der Waals surface area contributed by atoms with Gasteiger partial charge in [-0.3, -0.25) is 4.90 Å². The first-order valence-electron chi connectivity index (χ1n) is 7.36. The first-order valence-corrected chi connectivity index (χ1v) is 7.36. The van der Waals surface area contributed by atoms with Crippen LogP contribution in [0.1, 0.15) is 50.5 Å². The number of nitrogens with zero attached hydrogens (tertiary/aromatic N) is 2. The molecule has 2 nitrogen and oxygen atoms in total. The molecule has 1 aromatic rings. The second-order valence-corrected chi connectivity index (χ2v) is 5.79. The van der Waals surface area contributed by atoms with Crippen LogP contribution in [0.25, 0.3) is 0 Å². The van der Waals surface area contributed by atoms with Crippen LogP contribution in [0.4, 0.5) is 0 Å². The van der Waals surface area contributed by atoms with Gasteiger partial charge in [-0.1, -0.05) is 30.3 Å². The predicted octanol–water partition coefficient (Wildman–Crippen LogP) is 3.95. The van der Waals surface area contributed by atoms with E-state index in [-0.39, 0.29) is 0 Å². The quantitative estimate of drug-likeness (QED) is 0.815. The first-order chi connectivity index (χ1) is 9.22. The average Bonchev–Trinajstić information content (AvgIpc) is 2.48. The van der Waals surface area contributed by atoms with Gasteiger partial charge < -0.3 is 0 Å². The molecule has 0 spiro atoms. The van der Waals surface area contributed by atoms with Gasteiger partial charge in [-0.2, -0.15) is 5.26 Å². The lowest BCUT2D eigenvalue weighted by molar-refractivity contribution is 0.141. The Kier molecular flexibility index (Phi) is 4.99. The van der Waals surface area contributed by atoms with Gasteiger partial charge in [-0.15, -0.1) is 0 Å². The van der Waals surface area contributed by atoms with E-state index in [2.05, 4.69) is 55.3 Å². The third-order valence-corrected chi connectivity index (χ3v) is 4.63. The summed E-state index contributed by atoms with van der Waals surface area (Å²) in [7, 11) is 2.18. The summed E-state index contributed by atoms with van der Waals surface area (Å²) in [4.78, 5) is 2.41. The Labute approximate surface area is 117 Å². The largest absolute Gasteiger partial charge is 0.300 e. The summed E-state index contributed by atoms with van der Waals surface area (Å²) in [5.41, 5.74) is 1.49. The monoisotopic (exact) mass is 256 g/mol. The van der Waals surface area contributed by atoms with Crippen LogP contribution in [0.5, 0.6) is 0 Å². The first kappa shape index (κ1) is 14.1. The highest BCUT2D eigenvalue weighted by molar-refractivity contribution is 5.20. The molecule has 0 amide bonds. The van der Waals surface area contributed by atoms with Gasteiger partial charge in [0.15, 0.2) is 0 Å². The number of rotatable bonds is 4. The zero-order chi connectivity index (χ0) is 13.7. The fourth-order valence-corrected chi connectivity index (χ4v) is 3.18. The number of benzene rings is 1. The molecule has 1 fully saturated rings. The molecule has 19 heavy (non-hydrogen) atoms. The molecule has 0 aromatic heterocycles. The Balaban J connectivity index is 1.87. The molecule has 0 bridgehead atoms. The minimum absolute atomic E-state index is 0.378. The van der Waals surface area contributed by atoms with Crippen LogP contribution in [0.3, 0.4) is 0 Å². The highest BCUT2D eigenvalue weighted by Crippen LogP contribution is 2.34. The van der Waals surface area contributed by atoms with E-state index in [1.807, 2.05) is 0 Å². The average molecular weight is 256 g/mol. The van der Waals surface area contributed by atoms with Crippen LogP contribution in [-0.4, -0.2) is 24.0 Å². The summed E-state index contributed by atoms with van der Waals surface area (Å²) in [5.74, 6) is 0.733. The van der Waals surface area contributed by atoms with E-state index >= 15 is 0 Å². The topological polar surface area (TPSA) is 27.0 Å². The smallest absolute Gasteiger partial charge is 0.0638 e. The van der Waals surface area contributed by atoms with Crippen molar-refractivity contribution >= 4 is 0 Å². The van der Waals surface area contributed by atoms with Crippen molar-refractivity contribution < 1.29 is 0 Å². The third-order valence-electron chi connectivity index (χ3n) is 4.63. The summed E-state index contributed by atoms with van der Waals surface area (Å²) < 4.78 is 0. The van der Waals surface area contributed by atoms with Crippen LogP contribution in [0, 0.1) is 11.3 Å². The lowest BCUT2D eigenvalue weighted by Gasteiger charge is -2.37. The summed E-state index contributed by atoms with van der Waals surface area (Å²) in [5, 5.41) is 8.80. The minimum Gasteiger partial charge on any atom is -0.300 e. The molecule has 1 aliphatic carbocycles. The lowest BCUT2D eigenvalue weighted by atomic mass is 9.81. The molecule has 0 radical (unpaired) electrons. The Morgan fingerprint density at radius 2 is 1.84 bits per heavy atom. The van der Waals surface area contributed by atoms with Gasteiger partial charge in [0.1, 0.15) is 0 Å². The molecule has 2 heteroatoms. The third kappa shape index (κ3) is 3.58. The normalized spacial score (nSPS) is 24.9. The second kappa shape index (κ2) is 6.73. The minimum atomic E-state index is 0.378. The maximum atomic E-state index is 8.80. The molecule has 1 saturated carbocycles. The second-order valence-electron chi connectivity index (χ2n) is 5.79. The van der Waals surface area contributed by atoms with Gasteiger partial charge in [-0.05, 0) is 51.1 Å². The van der Waals surface area contributed by atoms with E-state index in [9.17, 15) is 0 Å².